The first-order valence-electron chi connectivity index (χ1n) is 8.68. The van der Waals surface area contributed by atoms with E-state index < -0.39 is 0 Å². The Labute approximate surface area is 122 Å². The number of ether oxygens (including phenoxy) is 1. The summed E-state index contributed by atoms with van der Waals surface area (Å²) in [6.07, 6.45) is 12.6. The molecule has 2 unspecified atom stereocenters. The fourth-order valence-corrected chi connectivity index (χ4v) is 4.36. The van der Waals surface area contributed by atoms with Crippen LogP contribution in [0.25, 0.3) is 0 Å². The zero-order valence-electron chi connectivity index (χ0n) is 12.7. The molecule has 20 heavy (non-hydrogen) atoms. The molecule has 3 fully saturated rings. The van der Waals surface area contributed by atoms with E-state index in [0.717, 1.165) is 38.8 Å². The van der Waals surface area contributed by atoms with Crippen LogP contribution in [0.3, 0.4) is 0 Å². The molecule has 3 rings (SSSR count). The van der Waals surface area contributed by atoms with E-state index in [1.807, 2.05) is 0 Å². The van der Waals surface area contributed by atoms with Crippen LogP contribution in [0, 0.1) is 5.92 Å². The van der Waals surface area contributed by atoms with Gasteiger partial charge in [0.2, 0.25) is 0 Å². The third-order valence-electron chi connectivity index (χ3n) is 5.61. The summed E-state index contributed by atoms with van der Waals surface area (Å²) >= 11 is 0. The van der Waals surface area contributed by atoms with Gasteiger partial charge in [0.1, 0.15) is 5.78 Å². The molecule has 2 aliphatic heterocycles. The normalized spacial score (nSPS) is 33.4. The van der Waals surface area contributed by atoms with Crippen molar-refractivity contribution in [1.82, 2.24) is 5.32 Å². The molecule has 0 aromatic heterocycles. The Morgan fingerprint density at radius 2 is 2.00 bits per heavy atom. The van der Waals surface area contributed by atoms with Crippen molar-refractivity contribution in [3.8, 4) is 0 Å². The molecule has 2 saturated heterocycles. The third kappa shape index (κ3) is 3.43. The topological polar surface area (TPSA) is 38.3 Å². The number of Topliss-reactive ketones (excluding diaryl/α,β-unsaturated/α-hetero) is 1. The van der Waals surface area contributed by atoms with Gasteiger partial charge >= 0.3 is 0 Å². The molecular formula is C17H29NO2. The predicted octanol–water partition coefficient (Wildman–Crippen LogP) is 3.22. The highest BCUT2D eigenvalue weighted by molar-refractivity contribution is 5.81. The molecule has 2 atom stereocenters. The van der Waals surface area contributed by atoms with Gasteiger partial charge in [0.15, 0.2) is 0 Å². The fraction of sp³-hybridized carbons (Fsp3) is 0.941. The molecule has 2 heterocycles. The first kappa shape index (κ1) is 14.5. The summed E-state index contributed by atoms with van der Waals surface area (Å²) in [6, 6.07) is 0.591. The maximum atomic E-state index is 12.5. The maximum Gasteiger partial charge on any atom is 0.136 e. The predicted molar refractivity (Wildman–Crippen MR) is 79.8 cm³/mol. The highest BCUT2D eigenvalue weighted by Gasteiger charge is 2.41. The molecule has 114 valence electrons. The van der Waals surface area contributed by atoms with Crippen LogP contribution in [-0.4, -0.2) is 30.6 Å². The Bertz CT molecular complexity index is 330. The molecule has 3 aliphatic rings. The van der Waals surface area contributed by atoms with Crippen molar-refractivity contribution in [2.24, 2.45) is 5.92 Å². The largest absolute Gasteiger partial charge is 0.375 e. The molecule has 1 N–H and O–H groups in total. The van der Waals surface area contributed by atoms with Gasteiger partial charge in [0, 0.05) is 25.0 Å². The van der Waals surface area contributed by atoms with Crippen molar-refractivity contribution in [2.45, 2.75) is 82.3 Å². The van der Waals surface area contributed by atoms with Crippen molar-refractivity contribution in [2.75, 3.05) is 13.2 Å². The van der Waals surface area contributed by atoms with E-state index in [0.29, 0.717) is 11.8 Å². The van der Waals surface area contributed by atoms with Crippen LogP contribution in [0.15, 0.2) is 0 Å². The molecular weight excluding hydrogens is 250 g/mol. The van der Waals surface area contributed by atoms with Crippen LogP contribution >= 0.6 is 0 Å². The quantitative estimate of drug-likeness (QED) is 0.858. The van der Waals surface area contributed by atoms with Gasteiger partial charge in [-0.3, -0.25) is 4.79 Å². The number of piperidine rings is 1. The molecule has 0 aromatic carbocycles. The van der Waals surface area contributed by atoms with Crippen LogP contribution in [0.1, 0.15) is 70.6 Å². The molecule has 3 heteroatoms. The van der Waals surface area contributed by atoms with Crippen LogP contribution in [0.2, 0.25) is 0 Å². The number of ketones is 1. The van der Waals surface area contributed by atoms with Gasteiger partial charge in [-0.25, -0.2) is 0 Å². The summed E-state index contributed by atoms with van der Waals surface area (Å²) in [6.45, 7) is 1.94. The zero-order valence-corrected chi connectivity index (χ0v) is 12.7. The van der Waals surface area contributed by atoms with E-state index in [9.17, 15) is 4.79 Å². The lowest BCUT2D eigenvalue weighted by atomic mass is 9.81. The summed E-state index contributed by atoms with van der Waals surface area (Å²) < 4.78 is 6.04. The van der Waals surface area contributed by atoms with E-state index in [1.54, 1.807) is 0 Å². The van der Waals surface area contributed by atoms with Crippen molar-refractivity contribution >= 4 is 5.78 Å². The van der Waals surface area contributed by atoms with Crippen LogP contribution in [-0.2, 0) is 9.53 Å². The second-order valence-electron chi connectivity index (χ2n) is 7.08. The second-order valence-corrected chi connectivity index (χ2v) is 7.08. The smallest absolute Gasteiger partial charge is 0.136 e. The first-order valence-corrected chi connectivity index (χ1v) is 8.68. The monoisotopic (exact) mass is 279 g/mol. The van der Waals surface area contributed by atoms with Gasteiger partial charge in [0.25, 0.3) is 0 Å². The average molecular weight is 279 g/mol. The number of rotatable bonds is 4. The van der Waals surface area contributed by atoms with Crippen LogP contribution in [0.5, 0.6) is 0 Å². The Kier molecular flexibility index (Phi) is 4.77. The maximum absolute atomic E-state index is 12.5. The minimum absolute atomic E-state index is 0.0850. The summed E-state index contributed by atoms with van der Waals surface area (Å²) in [5.41, 5.74) is 0.0850. The Balaban J connectivity index is 1.46. The summed E-state index contributed by atoms with van der Waals surface area (Å²) in [4.78, 5) is 12.5. The van der Waals surface area contributed by atoms with E-state index in [1.165, 1.54) is 44.9 Å². The number of carbonyl (C=O) groups is 1. The highest BCUT2D eigenvalue weighted by atomic mass is 16.5. The van der Waals surface area contributed by atoms with E-state index >= 15 is 0 Å². The summed E-state index contributed by atoms with van der Waals surface area (Å²) in [7, 11) is 0. The molecule has 1 saturated carbocycles. The Morgan fingerprint density at radius 1 is 1.15 bits per heavy atom. The fourth-order valence-electron chi connectivity index (χ4n) is 4.36. The van der Waals surface area contributed by atoms with Gasteiger partial charge < -0.3 is 10.1 Å². The molecule has 0 radical (unpaired) electrons. The van der Waals surface area contributed by atoms with E-state index in [4.69, 9.17) is 4.74 Å². The molecule has 0 aromatic rings. The minimum atomic E-state index is 0.0850. The lowest BCUT2D eigenvalue weighted by Crippen LogP contribution is -2.40. The number of carbonyl (C=O) groups excluding carboxylic acids is 1. The van der Waals surface area contributed by atoms with Gasteiger partial charge in [-0.2, -0.15) is 0 Å². The van der Waals surface area contributed by atoms with Crippen molar-refractivity contribution < 1.29 is 9.53 Å². The Hall–Kier alpha value is -0.410. The van der Waals surface area contributed by atoms with Gasteiger partial charge in [0.05, 0.1) is 5.60 Å². The zero-order chi connectivity index (χ0) is 13.8. The molecule has 0 bridgehead atoms. The summed E-state index contributed by atoms with van der Waals surface area (Å²) in [5, 5.41) is 3.55. The highest BCUT2D eigenvalue weighted by Crippen LogP contribution is 2.42. The van der Waals surface area contributed by atoms with Crippen LogP contribution < -0.4 is 5.32 Å². The van der Waals surface area contributed by atoms with Crippen LogP contribution in [0.4, 0.5) is 0 Å². The molecule has 1 aliphatic carbocycles. The van der Waals surface area contributed by atoms with Gasteiger partial charge in [-0.05, 0) is 51.5 Å². The summed E-state index contributed by atoms with van der Waals surface area (Å²) in [5.74, 6) is 0.789. The lowest BCUT2D eigenvalue weighted by Gasteiger charge is -2.38. The van der Waals surface area contributed by atoms with Gasteiger partial charge in [-0.15, -0.1) is 0 Å². The second kappa shape index (κ2) is 6.57. The molecule has 0 amide bonds. The third-order valence-corrected chi connectivity index (χ3v) is 5.61. The molecule has 1 spiro atoms. The minimum Gasteiger partial charge on any atom is -0.375 e. The SMILES string of the molecule is O=C(CCC1CCCCN1)C1CCOC2(CCCC2)C1. The Morgan fingerprint density at radius 3 is 2.75 bits per heavy atom. The number of hydrogen-bond donors (Lipinski definition) is 1. The van der Waals surface area contributed by atoms with E-state index in [-0.39, 0.29) is 11.5 Å². The molecule has 3 nitrogen and oxygen atoms in total. The first-order chi connectivity index (χ1) is 9.77. The number of hydrogen-bond acceptors (Lipinski definition) is 3. The van der Waals surface area contributed by atoms with E-state index in [2.05, 4.69) is 5.32 Å². The lowest BCUT2D eigenvalue weighted by molar-refractivity contribution is -0.136. The van der Waals surface area contributed by atoms with Crippen molar-refractivity contribution in [3.05, 3.63) is 0 Å². The number of nitrogens with one attached hydrogen (secondary N) is 1. The standard InChI is InChI=1S/C17H29NO2/c19-16(7-6-15-5-1-4-11-18-15)14-8-12-20-17(13-14)9-2-3-10-17/h14-15,18H,1-13H2. The van der Waals surface area contributed by atoms with Gasteiger partial charge in [-0.1, -0.05) is 19.3 Å². The van der Waals surface area contributed by atoms with Crippen molar-refractivity contribution in [1.29, 1.82) is 0 Å². The average Bonchev–Trinajstić information content (AvgIpc) is 2.93. The van der Waals surface area contributed by atoms with Crippen molar-refractivity contribution in [3.63, 3.8) is 0 Å².